The number of hydrogen-bond acceptors (Lipinski definition) is 5. The summed E-state index contributed by atoms with van der Waals surface area (Å²) in [7, 11) is 2.07. The van der Waals surface area contributed by atoms with E-state index in [1.807, 2.05) is 37.3 Å². The van der Waals surface area contributed by atoms with Gasteiger partial charge in [0.2, 0.25) is 5.91 Å². The third-order valence-electron chi connectivity index (χ3n) is 6.28. The molecule has 0 aromatic heterocycles. The highest BCUT2D eigenvalue weighted by molar-refractivity contribution is 6.31. The Morgan fingerprint density at radius 1 is 1.09 bits per heavy atom. The minimum atomic E-state index is -1.22. The number of rotatable bonds is 5. The van der Waals surface area contributed by atoms with Gasteiger partial charge in [-0.1, -0.05) is 41.4 Å². The molecule has 0 radical (unpaired) electrons. The van der Waals surface area contributed by atoms with Crippen molar-refractivity contribution in [2.75, 3.05) is 50.0 Å². The summed E-state index contributed by atoms with van der Waals surface area (Å²) in [6.07, 6.45) is 0. The lowest BCUT2D eigenvalue weighted by atomic mass is 9.91. The number of nitrogens with zero attached hydrogens (tertiary/aromatic N) is 3. The molecule has 2 aromatic carbocycles. The number of carbonyl (C=O) groups is 3. The van der Waals surface area contributed by atoms with E-state index < -0.39 is 23.4 Å². The number of aryl methyl sites for hydroxylation is 1. The monoisotopic (exact) mass is 469 g/mol. The molecule has 4 rings (SSSR count). The normalized spacial score (nSPS) is 21.3. The van der Waals surface area contributed by atoms with Crippen LogP contribution in [0.5, 0.6) is 0 Å². The molecule has 0 saturated carbocycles. The summed E-state index contributed by atoms with van der Waals surface area (Å²) in [6.45, 7) is 6.68. The van der Waals surface area contributed by atoms with Gasteiger partial charge in [-0.05, 0) is 44.7 Å². The Morgan fingerprint density at radius 2 is 1.76 bits per heavy atom. The van der Waals surface area contributed by atoms with Crippen LogP contribution in [0, 0.1) is 6.92 Å². The number of hydrogen-bond donors (Lipinski definition) is 2. The molecule has 33 heavy (non-hydrogen) atoms. The van der Waals surface area contributed by atoms with Crippen molar-refractivity contribution < 1.29 is 14.4 Å². The van der Waals surface area contributed by atoms with E-state index in [1.165, 1.54) is 0 Å². The topological polar surface area (TPSA) is 85.0 Å². The second-order valence-corrected chi connectivity index (χ2v) is 9.25. The number of imide groups is 1. The minimum absolute atomic E-state index is 0.388. The highest BCUT2D eigenvalue weighted by Crippen LogP contribution is 2.31. The maximum atomic E-state index is 13.1. The van der Waals surface area contributed by atoms with Gasteiger partial charge in [-0.3, -0.25) is 14.5 Å². The number of nitrogens with one attached hydrogen (secondary N) is 2. The standard InChI is InChI=1S/C24H28ClN5O3/c1-16-4-6-17(7-5-16)24(2)22(32)30(23(33)27-24)15-21(31)26-19-14-18(25)8-9-20(19)29-12-10-28(3)11-13-29/h4-9,14H,10-13,15H2,1-3H3,(H,26,31)(H,27,33). The Labute approximate surface area is 198 Å². The number of amides is 4. The fourth-order valence-electron chi connectivity index (χ4n) is 4.19. The number of carbonyl (C=O) groups excluding carboxylic acids is 3. The second-order valence-electron chi connectivity index (χ2n) is 8.81. The maximum absolute atomic E-state index is 13.1. The molecule has 2 aliphatic heterocycles. The molecular formula is C24H28ClN5O3. The van der Waals surface area contributed by atoms with E-state index in [1.54, 1.807) is 19.1 Å². The summed E-state index contributed by atoms with van der Waals surface area (Å²) < 4.78 is 0. The second kappa shape index (κ2) is 9.03. The van der Waals surface area contributed by atoms with Crippen molar-refractivity contribution in [2.45, 2.75) is 19.4 Å². The zero-order valence-electron chi connectivity index (χ0n) is 19.0. The number of urea groups is 1. The lowest BCUT2D eigenvalue weighted by molar-refractivity contribution is -0.133. The molecule has 1 atom stereocenters. The van der Waals surface area contributed by atoms with Gasteiger partial charge >= 0.3 is 6.03 Å². The molecule has 2 heterocycles. The van der Waals surface area contributed by atoms with Crippen LogP contribution < -0.4 is 15.5 Å². The van der Waals surface area contributed by atoms with E-state index >= 15 is 0 Å². The van der Waals surface area contributed by atoms with Crippen LogP contribution in [0.2, 0.25) is 5.02 Å². The molecule has 2 aromatic rings. The summed E-state index contributed by atoms with van der Waals surface area (Å²) in [5.74, 6) is -0.929. The smallest absolute Gasteiger partial charge is 0.325 e. The first-order valence-electron chi connectivity index (χ1n) is 10.9. The van der Waals surface area contributed by atoms with Gasteiger partial charge in [0.15, 0.2) is 0 Å². The summed E-state index contributed by atoms with van der Waals surface area (Å²) in [6, 6.07) is 12.2. The highest BCUT2D eigenvalue weighted by Gasteiger charge is 2.49. The Bertz CT molecular complexity index is 1080. The molecule has 2 fully saturated rings. The van der Waals surface area contributed by atoms with Crippen molar-refractivity contribution in [1.29, 1.82) is 0 Å². The predicted molar refractivity (Wildman–Crippen MR) is 129 cm³/mol. The van der Waals surface area contributed by atoms with Gasteiger partial charge in [0.05, 0.1) is 11.4 Å². The Kier molecular flexibility index (Phi) is 6.32. The van der Waals surface area contributed by atoms with Gasteiger partial charge in [0, 0.05) is 31.2 Å². The van der Waals surface area contributed by atoms with Gasteiger partial charge in [-0.2, -0.15) is 0 Å². The van der Waals surface area contributed by atoms with E-state index in [4.69, 9.17) is 11.6 Å². The Balaban J connectivity index is 1.49. The average Bonchev–Trinajstić information content (AvgIpc) is 2.99. The number of benzene rings is 2. The lowest BCUT2D eigenvalue weighted by Crippen LogP contribution is -2.45. The fourth-order valence-corrected chi connectivity index (χ4v) is 4.36. The number of anilines is 2. The van der Waals surface area contributed by atoms with Crippen molar-refractivity contribution in [1.82, 2.24) is 15.1 Å². The maximum Gasteiger partial charge on any atom is 0.325 e. The quantitative estimate of drug-likeness (QED) is 0.658. The third-order valence-corrected chi connectivity index (χ3v) is 6.52. The molecule has 2 N–H and O–H groups in total. The van der Waals surface area contributed by atoms with Gasteiger partial charge in [-0.15, -0.1) is 0 Å². The summed E-state index contributed by atoms with van der Waals surface area (Å²) in [4.78, 5) is 44.0. The zero-order valence-corrected chi connectivity index (χ0v) is 19.8. The van der Waals surface area contributed by atoms with E-state index in [0.29, 0.717) is 16.3 Å². The Morgan fingerprint density at radius 3 is 2.42 bits per heavy atom. The Hall–Kier alpha value is -3.10. The van der Waals surface area contributed by atoms with Crippen molar-refractivity contribution in [2.24, 2.45) is 0 Å². The van der Waals surface area contributed by atoms with Crippen LogP contribution in [-0.2, 0) is 15.1 Å². The molecule has 0 bridgehead atoms. The zero-order chi connectivity index (χ0) is 23.8. The molecule has 0 aliphatic carbocycles. The third kappa shape index (κ3) is 4.67. The predicted octanol–water partition coefficient (Wildman–Crippen LogP) is 2.81. The van der Waals surface area contributed by atoms with E-state index in [0.717, 1.165) is 42.3 Å². The molecule has 2 saturated heterocycles. The van der Waals surface area contributed by atoms with E-state index in [2.05, 4.69) is 27.5 Å². The molecule has 9 heteroatoms. The molecular weight excluding hydrogens is 442 g/mol. The molecule has 174 valence electrons. The van der Waals surface area contributed by atoms with Crippen LogP contribution in [0.4, 0.5) is 16.2 Å². The van der Waals surface area contributed by atoms with Crippen LogP contribution >= 0.6 is 11.6 Å². The van der Waals surface area contributed by atoms with Crippen LogP contribution in [-0.4, -0.2) is 67.4 Å². The number of halogens is 1. The van der Waals surface area contributed by atoms with Crippen molar-refractivity contribution >= 4 is 40.8 Å². The average molecular weight is 470 g/mol. The molecule has 4 amide bonds. The van der Waals surface area contributed by atoms with Gasteiger partial charge in [-0.25, -0.2) is 4.79 Å². The SMILES string of the molecule is Cc1ccc(C2(C)NC(=O)N(CC(=O)Nc3cc(Cl)ccc3N3CCN(C)CC3)C2=O)cc1. The van der Waals surface area contributed by atoms with Crippen molar-refractivity contribution in [3.8, 4) is 0 Å². The highest BCUT2D eigenvalue weighted by atomic mass is 35.5. The first-order valence-corrected chi connectivity index (χ1v) is 11.3. The van der Waals surface area contributed by atoms with Crippen LogP contribution in [0.3, 0.4) is 0 Å². The first-order chi connectivity index (χ1) is 15.7. The van der Waals surface area contributed by atoms with Gasteiger partial charge < -0.3 is 20.4 Å². The van der Waals surface area contributed by atoms with Crippen molar-refractivity contribution in [3.05, 3.63) is 58.6 Å². The van der Waals surface area contributed by atoms with E-state index in [9.17, 15) is 14.4 Å². The van der Waals surface area contributed by atoms with Gasteiger partial charge in [0.25, 0.3) is 5.91 Å². The fraction of sp³-hybridized carbons (Fsp3) is 0.375. The molecule has 8 nitrogen and oxygen atoms in total. The molecule has 1 unspecified atom stereocenters. The molecule has 2 aliphatic rings. The van der Waals surface area contributed by atoms with Crippen LogP contribution in [0.1, 0.15) is 18.1 Å². The number of likely N-dealkylation sites (N-methyl/N-ethyl adjacent to an activating group) is 1. The lowest BCUT2D eigenvalue weighted by Gasteiger charge is -2.35. The van der Waals surface area contributed by atoms with Crippen LogP contribution in [0.15, 0.2) is 42.5 Å². The number of piperazine rings is 1. The van der Waals surface area contributed by atoms with E-state index in [-0.39, 0.29) is 6.54 Å². The van der Waals surface area contributed by atoms with Crippen LogP contribution in [0.25, 0.3) is 0 Å². The summed E-state index contributed by atoms with van der Waals surface area (Å²) >= 11 is 6.19. The molecule has 0 spiro atoms. The summed E-state index contributed by atoms with van der Waals surface area (Å²) in [5, 5.41) is 6.08. The largest absolute Gasteiger partial charge is 0.367 e. The summed E-state index contributed by atoms with van der Waals surface area (Å²) in [5.41, 5.74) is 1.93. The van der Waals surface area contributed by atoms with Crippen molar-refractivity contribution in [3.63, 3.8) is 0 Å². The first kappa shape index (κ1) is 23.1. The van der Waals surface area contributed by atoms with Gasteiger partial charge in [0.1, 0.15) is 12.1 Å². The minimum Gasteiger partial charge on any atom is -0.367 e.